The Labute approximate surface area is 231 Å². The molecule has 0 saturated heterocycles. The number of aromatic nitrogens is 4. The predicted octanol–water partition coefficient (Wildman–Crippen LogP) is 5.45. The summed E-state index contributed by atoms with van der Waals surface area (Å²) in [6.07, 6.45) is 12.7. The van der Waals surface area contributed by atoms with Crippen molar-refractivity contribution >= 4 is 33.2 Å². The van der Waals surface area contributed by atoms with Gasteiger partial charge in [-0.1, -0.05) is 48.6 Å². The van der Waals surface area contributed by atoms with Crippen LogP contribution in [0.4, 0.5) is 0 Å². The van der Waals surface area contributed by atoms with Gasteiger partial charge in [-0.3, -0.25) is 14.6 Å². The quantitative estimate of drug-likeness (QED) is 0.281. The highest BCUT2D eigenvalue weighted by molar-refractivity contribution is 9.10. The highest BCUT2D eigenvalue weighted by Crippen LogP contribution is 2.29. The Morgan fingerprint density at radius 2 is 1.89 bits per heavy atom. The van der Waals surface area contributed by atoms with Gasteiger partial charge >= 0.3 is 0 Å². The number of aromatic amines is 1. The maximum atomic E-state index is 4.88. The van der Waals surface area contributed by atoms with Crippen LogP contribution in [0.1, 0.15) is 35.5 Å². The van der Waals surface area contributed by atoms with Crippen LogP contribution >= 0.6 is 15.9 Å². The normalized spacial score (nSPS) is 18.8. The fourth-order valence-electron chi connectivity index (χ4n) is 5.35. The zero-order valence-electron chi connectivity index (χ0n) is 21.5. The molecule has 1 aliphatic carbocycles. The largest absolute Gasteiger partial charge is 0.341 e. The van der Waals surface area contributed by atoms with Crippen molar-refractivity contribution in [2.75, 3.05) is 0 Å². The van der Waals surface area contributed by atoms with Crippen molar-refractivity contribution in [1.29, 1.82) is 0 Å². The lowest BCUT2D eigenvalue weighted by Crippen LogP contribution is -2.37. The summed E-state index contributed by atoms with van der Waals surface area (Å²) in [4.78, 5) is 15.6. The van der Waals surface area contributed by atoms with E-state index >= 15 is 0 Å². The van der Waals surface area contributed by atoms with Gasteiger partial charge in [0.1, 0.15) is 5.82 Å². The lowest BCUT2D eigenvalue weighted by molar-refractivity contribution is 0.188. The van der Waals surface area contributed by atoms with Gasteiger partial charge in [0.25, 0.3) is 0 Å². The molecule has 0 bridgehead atoms. The molecule has 1 aliphatic heterocycles. The van der Waals surface area contributed by atoms with E-state index in [4.69, 9.17) is 4.98 Å². The number of fused-ring (bicyclic) bond motifs is 2. The molecule has 8 heteroatoms. The molecule has 2 unspecified atom stereocenters. The zero-order valence-corrected chi connectivity index (χ0v) is 23.1. The van der Waals surface area contributed by atoms with E-state index in [-0.39, 0.29) is 0 Å². The Morgan fingerprint density at radius 1 is 1.05 bits per heavy atom. The van der Waals surface area contributed by atoms with E-state index in [0.717, 1.165) is 66.0 Å². The Hall–Kier alpha value is -3.33. The molecule has 2 aromatic carbocycles. The second kappa shape index (κ2) is 11.2. The molecule has 2 aliphatic rings. The first-order valence-corrected chi connectivity index (χ1v) is 14.0. The highest BCUT2D eigenvalue weighted by Gasteiger charge is 2.27. The Kier molecular flexibility index (Phi) is 7.35. The zero-order chi connectivity index (χ0) is 25.9. The Bertz CT molecular complexity index is 1460. The minimum absolute atomic E-state index is 0.308. The number of aryl methyl sites for hydroxylation is 1. The summed E-state index contributed by atoms with van der Waals surface area (Å²) in [5.74, 6) is 1.01. The van der Waals surface area contributed by atoms with Gasteiger partial charge in [0, 0.05) is 45.1 Å². The predicted molar refractivity (Wildman–Crippen MR) is 156 cm³/mol. The van der Waals surface area contributed by atoms with E-state index in [0.29, 0.717) is 12.1 Å². The van der Waals surface area contributed by atoms with Crippen LogP contribution in [0.15, 0.2) is 88.0 Å². The molecule has 3 heterocycles. The number of para-hydroxylation sites is 2. The lowest BCUT2D eigenvalue weighted by Gasteiger charge is -2.34. The van der Waals surface area contributed by atoms with Crippen LogP contribution in [0.5, 0.6) is 0 Å². The maximum absolute atomic E-state index is 4.88. The average molecular weight is 571 g/mol. The van der Waals surface area contributed by atoms with Crippen molar-refractivity contribution in [2.45, 2.75) is 51.1 Å². The van der Waals surface area contributed by atoms with E-state index in [1.54, 1.807) is 0 Å². The van der Waals surface area contributed by atoms with Gasteiger partial charge < -0.3 is 10.3 Å². The third kappa shape index (κ3) is 5.72. The molecule has 2 N–H and O–H groups in total. The van der Waals surface area contributed by atoms with Gasteiger partial charge in [-0.05, 0) is 63.7 Å². The summed E-state index contributed by atoms with van der Waals surface area (Å²) in [6.45, 7) is 3.15. The van der Waals surface area contributed by atoms with Gasteiger partial charge in [-0.15, -0.1) is 0 Å². The number of benzene rings is 2. The van der Waals surface area contributed by atoms with Gasteiger partial charge in [0.15, 0.2) is 0 Å². The SMILES string of the molecule is Cn1cc(Br)c(CNCc2ccc(CN(Cc3nc4ccccc4[nH]3)C3C=C4C=CC=NC4CC3)cc2)n1. The molecule has 0 radical (unpaired) electrons. The number of hydrogen-bond donors (Lipinski definition) is 2. The van der Waals surface area contributed by atoms with Crippen LogP contribution < -0.4 is 5.32 Å². The molecule has 0 amide bonds. The van der Waals surface area contributed by atoms with Crippen molar-refractivity contribution in [3.05, 3.63) is 106 Å². The van der Waals surface area contributed by atoms with Gasteiger partial charge in [-0.2, -0.15) is 5.10 Å². The first kappa shape index (κ1) is 25.0. The van der Waals surface area contributed by atoms with Crippen molar-refractivity contribution in [3.8, 4) is 0 Å². The number of imidazole rings is 1. The van der Waals surface area contributed by atoms with Crippen LogP contribution in [0.3, 0.4) is 0 Å². The van der Waals surface area contributed by atoms with Crippen LogP contribution in [-0.2, 0) is 33.2 Å². The third-order valence-corrected chi connectivity index (χ3v) is 7.95. The molecule has 0 spiro atoms. The van der Waals surface area contributed by atoms with E-state index in [9.17, 15) is 0 Å². The summed E-state index contributed by atoms with van der Waals surface area (Å²) in [7, 11) is 1.94. The number of H-pyrrole nitrogens is 1. The fourth-order valence-corrected chi connectivity index (χ4v) is 5.86. The highest BCUT2D eigenvalue weighted by atomic mass is 79.9. The lowest BCUT2D eigenvalue weighted by atomic mass is 9.89. The van der Waals surface area contributed by atoms with E-state index < -0.39 is 0 Å². The van der Waals surface area contributed by atoms with Crippen molar-refractivity contribution in [1.82, 2.24) is 30.0 Å². The van der Waals surface area contributed by atoms with E-state index in [2.05, 4.69) is 95.8 Å². The number of halogens is 1. The van der Waals surface area contributed by atoms with Crippen LogP contribution in [0.25, 0.3) is 11.0 Å². The number of allylic oxidation sites excluding steroid dienone is 1. The van der Waals surface area contributed by atoms with E-state index in [1.165, 1.54) is 16.7 Å². The van der Waals surface area contributed by atoms with Gasteiger partial charge in [0.2, 0.25) is 0 Å². The van der Waals surface area contributed by atoms with Gasteiger partial charge in [-0.25, -0.2) is 4.98 Å². The number of nitrogens with one attached hydrogen (secondary N) is 2. The van der Waals surface area contributed by atoms with Crippen molar-refractivity contribution in [2.24, 2.45) is 12.0 Å². The summed E-state index contributed by atoms with van der Waals surface area (Å²) in [6, 6.07) is 17.9. The number of rotatable bonds is 9. The van der Waals surface area contributed by atoms with E-state index in [1.807, 2.05) is 36.3 Å². The molecule has 194 valence electrons. The molecule has 2 atom stereocenters. The second-order valence-electron chi connectivity index (χ2n) is 10.1. The molecule has 6 rings (SSSR count). The maximum Gasteiger partial charge on any atom is 0.121 e. The fraction of sp³-hybridized carbons (Fsp3) is 0.300. The monoisotopic (exact) mass is 569 g/mol. The smallest absolute Gasteiger partial charge is 0.121 e. The number of aliphatic imine (C=N–C) groups is 1. The summed E-state index contributed by atoms with van der Waals surface area (Å²) in [5.41, 5.74) is 7.02. The third-order valence-electron chi connectivity index (χ3n) is 7.29. The first-order valence-electron chi connectivity index (χ1n) is 13.2. The topological polar surface area (TPSA) is 74.1 Å². The van der Waals surface area contributed by atoms with Crippen molar-refractivity contribution < 1.29 is 0 Å². The Balaban J connectivity index is 1.16. The minimum Gasteiger partial charge on any atom is -0.341 e. The summed E-state index contributed by atoms with van der Waals surface area (Å²) < 4.78 is 2.86. The average Bonchev–Trinajstić information content (AvgIpc) is 3.50. The molecular formula is C30H32BrN7. The Morgan fingerprint density at radius 3 is 2.71 bits per heavy atom. The van der Waals surface area contributed by atoms with Gasteiger partial charge in [0.05, 0.1) is 33.8 Å². The van der Waals surface area contributed by atoms with Crippen LogP contribution in [-0.4, -0.2) is 42.9 Å². The number of hydrogen-bond acceptors (Lipinski definition) is 5. The summed E-state index contributed by atoms with van der Waals surface area (Å²) >= 11 is 3.57. The standard InChI is InChI=1S/C30H32BrN7/c1-37-19-25(31)29(36-37)17-32-16-21-8-10-22(11-9-21)18-38(20-30-34-27-6-2-3-7-28(27)35-30)24-12-13-26-23(15-24)5-4-14-33-26/h2-11,14-15,19,24,26,32H,12-13,16-18,20H2,1H3,(H,34,35). The van der Waals surface area contributed by atoms with Crippen LogP contribution in [0, 0.1) is 0 Å². The molecule has 0 fully saturated rings. The molecule has 2 aromatic heterocycles. The summed E-state index contributed by atoms with van der Waals surface area (Å²) in [5, 5.41) is 7.99. The molecular weight excluding hydrogens is 538 g/mol. The molecule has 0 saturated carbocycles. The molecule has 38 heavy (non-hydrogen) atoms. The van der Waals surface area contributed by atoms with Crippen LogP contribution in [0.2, 0.25) is 0 Å². The minimum atomic E-state index is 0.308. The number of nitrogens with zero attached hydrogens (tertiary/aromatic N) is 5. The first-order chi connectivity index (χ1) is 18.6. The molecule has 4 aromatic rings. The van der Waals surface area contributed by atoms with Crippen molar-refractivity contribution in [3.63, 3.8) is 0 Å². The molecule has 7 nitrogen and oxygen atoms in total. The number of dihydropyridines is 1. The second-order valence-corrected chi connectivity index (χ2v) is 11.0.